The Kier molecular flexibility index (Phi) is 3.66. The number of H-pyrrole nitrogens is 1. The van der Waals surface area contributed by atoms with Crippen LogP contribution in [0, 0.1) is 0 Å². The van der Waals surface area contributed by atoms with Crippen LogP contribution in [0.3, 0.4) is 0 Å². The van der Waals surface area contributed by atoms with Gasteiger partial charge in [-0.05, 0) is 36.8 Å². The average Bonchev–Trinajstić information content (AvgIpc) is 2.83. The maximum absolute atomic E-state index is 12.5. The third kappa shape index (κ3) is 2.65. The second-order valence-electron chi connectivity index (χ2n) is 4.99. The molecule has 7 heteroatoms. The smallest absolute Gasteiger partial charge is 0.242 e. The zero-order chi connectivity index (χ0) is 14.2. The lowest BCUT2D eigenvalue weighted by atomic mass is 10.2. The van der Waals surface area contributed by atoms with Gasteiger partial charge < -0.3 is 10.7 Å². The number of nitrogen functional groups attached to an aromatic ring is 1. The van der Waals surface area contributed by atoms with E-state index in [4.69, 9.17) is 5.73 Å². The van der Waals surface area contributed by atoms with E-state index in [1.54, 1.807) is 30.0 Å². The van der Waals surface area contributed by atoms with Gasteiger partial charge in [0.05, 0.1) is 0 Å². The van der Waals surface area contributed by atoms with E-state index in [2.05, 4.69) is 9.71 Å². The third-order valence-electron chi connectivity index (χ3n) is 3.44. The van der Waals surface area contributed by atoms with E-state index >= 15 is 0 Å². The summed E-state index contributed by atoms with van der Waals surface area (Å²) >= 11 is 1.79. The van der Waals surface area contributed by atoms with E-state index < -0.39 is 10.0 Å². The molecule has 20 heavy (non-hydrogen) atoms. The van der Waals surface area contributed by atoms with Crippen LogP contribution in [-0.2, 0) is 10.0 Å². The number of hydrogen-bond donors (Lipinski definition) is 3. The molecule has 0 bridgehead atoms. The van der Waals surface area contributed by atoms with Gasteiger partial charge >= 0.3 is 0 Å². The first-order valence-corrected chi connectivity index (χ1v) is 9.17. The van der Waals surface area contributed by atoms with Crippen LogP contribution in [0.4, 0.5) is 5.69 Å². The van der Waals surface area contributed by atoms with Crippen LogP contribution in [-0.4, -0.2) is 30.9 Å². The number of sulfonamides is 1. The number of rotatable bonds is 3. The monoisotopic (exact) mass is 311 g/mol. The first kappa shape index (κ1) is 13.8. The molecule has 1 aromatic heterocycles. The molecule has 1 aliphatic rings. The molecule has 2 aromatic rings. The van der Waals surface area contributed by atoms with Crippen LogP contribution in [0.1, 0.15) is 12.8 Å². The summed E-state index contributed by atoms with van der Waals surface area (Å²) in [7, 11) is -3.51. The molecule has 1 aromatic carbocycles. The van der Waals surface area contributed by atoms with Crippen LogP contribution in [0.25, 0.3) is 10.9 Å². The predicted molar refractivity (Wildman–Crippen MR) is 83.4 cm³/mol. The summed E-state index contributed by atoms with van der Waals surface area (Å²) in [6.45, 7) is 0. The molecule has 1 aliphatic heterocycles. The minimum absolute atomic E-state index is 0.0183. The summed E-state index contributed by atoms with van der Waals surface area (Å²) in [6.07, 6.45) is 3.48. The zero-order valence-corrected chi connectivity index (χ0v) is 12.6. The second kappa shape index (κ2) is 5.31. The summed E-state index contributed by atoms with van der Waals surface area (Å²) in [4.78, 5) is 3.25. The summed E-state index contributed by atoms with van der Waals surface area (Å²) in [5, 5.41) is 0.640. The Morgan fingerprint density at radius 2 is 2.25 bits per heavy atom. The summed E-state index contributed by atoms with van der Waals surface area (Å²) in [5.74, 6) is 1.95. The molecular formula is C13H17N3O2S2. The highest BCUT2D eigenvalue weighted by molar-refractivity contribution is 7.99. The van der Waals surface area contributed by atoms with Crippen LogP contribution in [0.2, 0.25) is 0 Å². The van der Waals surface area contributed by atoms with E-state index in [9.17, 15) is 8.42 Å². The van der Waals surface area contributed by atoms with Gasteiger partial charge in [-0.1, -0.05) is 0 Å². The van der Waals surface area contributed by atoms with Crippen LogP contribution < -0.4 is 10.5 Å². The minimum Gasteiger partial charge on any atom is -0.399 e. The fourth-order valence-electron chi connectivity index (χ4n) is 2.45. The molecule has 0 radical (unpaired) electrons. The molecule has 4 N–H and O–H groups in total. The number of benzene rings is 1. The Labute approximate surface area is 122 Å². The van der Waals surface area contributed by atoms with Crippen molar-refractivity contribution < 1.29 is 8.42 Å². The number of aromatic nitrogens is 1. The fraction of sp³-hybridized carbons (Fsp3) is 0.385. The van der Waals surface area contributed by atoms with Gasteiger partial charge in [-0.25, -0.2) is 13.1 Å². The van der Waals surface area contributed by atoms with Crippen molar-refractivity contribution in [2.24, 2.45) is 0 Å². The highest BCUT2D eigenvalue weighted by Crippen LogP contribution is 2.26. The number of thioether (sulfide) groups is 1. The van der Waals surface area contributed by atoms with Crippen LogP contribution >= 0.6 is 11.8 Å². The Balaban J connectivity index is 1.94. The molecule has 108 valence electrons. The molecule has 0 saturated carbocycles. The van der Waals surface area contributed by atoms with E-state index in [-0.39, 0.29) is 10.9 Å². The standard InChI is InChI=1S/C13H17N3O2S2/c14-9-3-4-12-11(6-9)13(7-15-12)20(17,18)16-10-2-1-5-19-8-10/h3-4,6-7,10,15-16H,1-2,5,8,14H2. The Morgan fingerprint density at radius 3 is 3.00 bits per heavy atom. The van der Waals surface area contributed by atoms with Gasteiger partial charge in [-0.15, -0.1) is 0 Å². The van der Waals surface area contributed by atoms with Crippen molar-refractivity contribution in [2.45, 2.75) is 23.8 Å². The maximum atomic E-state index is 12.5. The molecule has 0 amide bonds. The third-order valence-corrected chi connectivity index (χ3v) is 6.22. The van der Waals surface area contributed by atoms with Crippen molar-refractivity contribution in [2.75, 3.05) is 17.2 Å². The van der Waals surface area contributed by atoms with E-state index in [1.807, 2.05) is 0 Å². The lowest BCUT2D eigenvalue weighted by Crippen LogP contribution is -2.38. The highest BCUT2D eigenvalue weighted by atomic mass is 32.2. The quantitative estimate of drug-likeness (QED) is 0.756. The SMILES string of the molecule is Nc1ccc2[nH]cc(S(=O)(=O)NC3CCCSC3)c2c1. The van der Waals surface area contributed by atoms with Gasteiger partial charge in [0.2, 0.25) is 10.0 Å². The molecule has 0 spiro atoms. The van der Waals surface area contributed by atoms with Crippen molar-refractivity contribution in [3.63, 3.8) is 0 Å². The molecular weight excluding hydrogens is 294 g/mol. The lowest BCUT2D eigenvalue weighted by molar-refractivity contribution is 0.544. The number of hydrogen-bond acceptors (Lipinski definition) is 4. The summed E-state index contributed by atoms with van der Waals surface area (Å²) in [6, 6.07) is 5.25. The molecule has 1 saturated heterocycles. The van der Waals surface area contributed by atoms with Crippen molar-refractivity contribution in [3.8, 4) is 0 Å². The number of fused-ring (bicyclic) bond motifs is 1. The molecule has 1 atom stereocenters. The highest BCUT2D eigenvalue weighted by Gasteiger charge is 2.24. The number of aromatic amines is 1. The number of nitrogens with two attached hydrogens (primary N) is 1. The molecule has 2 heterocycles. The topological polar surface area (TPSA) is 88.0 Å². The van der Waals surface area contributed by atoms with Crippen molar-refractivity contribution >= 4 is 38.4 Å². The molecule has 1 unspecified atom stereocenters. The van der Waals surface area contributed by atoms with Crippen molar-refractivity contribution in [3.05, 3.63) is 24.4 Å². The molecule has 3 rings (SSSR count). The van der Waals surface area contributed by atoms with Crippen LogP contribution in [0.5, 0.6) is 0 Å². The van der Waals surface area contributed by atoms with E-state index in [1.165, 1.54) is 6.20 Å². The van der Waals surface area contributed by atoms with E-state index in [0.717, 1.165) is 29.9 Å². The maximum Gasteiger partial charge on any atom is 0.242 e. The van der Waals surface area contributed by atoms with Crippen molar-refractivity contribution in [1.29, 1.82) is 0 Å². The molecule has 5 nitrogen and oxygen atoms in total. The fourth-order valence-corrected chi connectivity index (χ4v) is 5.07. The minimum atomic E-state index is -3.51. The van der Waals surface area contributed by atoms with Gasteiger partial charge in [-0.3, -0.25) is 0 Å². The molecule has 1 fully saturated rings. The normalized spacial score (nSPS) is 20.3. The number of nitrogens with one attached hydrogen (secondary N) is 2. The molecule has 0 aliphatic carbocycles. The van der Waals surface area contributed by atoms with Gasteiger partial charge in [0.1, 0.15) is 4.90 Å². The largest absolute Gasteiger partial charge is 0.399 e. The van der Waals surface area contributed by atoms with Gasteiger partial charge in [0.15, 0.2) is 0 Å². The first-order valence-electron chi connectivity index (χ1n) is 6.53. The Bertz CT molecular complexity index is 718. The first-order chi connectivity index (χ1) is 9.56. The summed E-state index contributed by atoms with van der Waals surface area (Å²) in [5.41, 5.74) is 7.08. The summed E-state index contributed by atoms with van der Waals surface area (Å²) < 4.78 is 27.8. The van der Waals surface area contributed by atoms with E-state index in [0.29, 0.717) is 11.1 Å². The average molecular weight is 311 g/mol. The van der Waals surface area contributed by atoms with Gasteiger partial charge in [0, 0.05) is 34.6 Å². The lowest BCUT2D eigenvalue weighted by Gasteiger charge is -2.22. The number of anilines is 1. The van der Waals surface area contributed by atoms with Crippen LogP contribution in [0.15, 0.2) is 29.3 Å². The Morgan fingerprint density at radius 1 is 1.40 bits per heavy atom. The predicted octanol–water partition coefficient (Wildman–Crippen LogP) is 1.92. The second-order valence-corrected chi connectivity index (χ2v) is 7.83. The van der Waals surface area contributed by atoms with Crippen molar-refractivity contribution in [1.82, 2.24) is 9.71 Å². The zero-order valence-electron chi connectivity index (χ0n) is 10.9. The van der Waals surface area contributed by atoms with Gasteiger partial charge in [0.25, 0.3) is 0 Å². The Hall–Kier alpha value is -1.18. The van der Waals surface area contributed by atoms with Gasteiger partial charge in [-0.2, -0.15) is 11.8 Å².